The third kappa shape index (κ3) is 4.73. The molecule has 0 aliphatic heterocycles. The van der Waals surface area contributed by atoms with Crippen molar-refractivity contribution in [2.45, 2.75) is 0 Å². The summed E-state index contributed by atoms with van der Waals surface area (Å²) in [5.41, 5.74) is 9.31. The minimum atomic E-state index is 0.922. The van der Waals surface area contributed by atoms with Gasteiger partial charge >= 0.3 is 0 Å². The van der Waals surface area contributed by atoms with Crippen LogP contribution in [-0.4, -0.2) is 0 Å². The summed E-state index contributed by atoms with van der Waals surface area (Å²) < 4.78 is 6.68. The van der Waals surface area contributed by atoms with Gasteiger partial charge in [0.1, 0.15) is 11.2 Å². The normalized spacial score (nSPS) is 12.1. The smallest absolute Gasteiger partial charge is 0.143 e. The summed E-state index contributed by atoms with van der Waals surface area (Å²) in [6, 6.07) is 75.9. The first kappa shape index (κ1) is 32.4. The zero-order valence-corrected chi connectivity index (χ0v) is 32.0. The van der Waals surface area contributed by atoms with E-state index in [1.165, 1.54) is 103 Å². The van der Waals surface area contributed by atoms with Gasteiger partial charge in [0.2, 0.25) is 0 Å². The Balaban J connectivity index is 1.06. The lowest BCUT2D eigenvalue weighted by atomic mass is 9.84. The molecule has 1 nitrogen and oxygen atoms in total. The Morgan fingerprint density at radius 3 is 1.41 bits per heavy atom. The van der Waals surface area contributed by atoms with Gasteiger partial charge in [0.05, 0.1) is 0 Å². The van der Waals surface area contributed by atoms with Crippen LogP contribution in [0.4, 0.5) is 0 Å². The van der Waals surface area contributed by atoms with Gasteiger partial charge in [-0.25, -0.2) is 0 Å². The molecule has 0 fully saturated rings. The van der Waals surface area contributed by atoms with Crippen molar-refractivity contribution in [3.63, 3.8) is 0 Å². The van der Waals surface area contributed by atoms with Crippen molar-refractivity contribution in [3.8, 4) is 33.4 Å². The Morgan fingerprint density at radius 1 is 0.237 bits per heavy atom. The van der Waals surface area contributed by atoms with E-state index < -0.39 is 0 Å². The second-order valence-electron chi connectivity index (χ2n) is 15.9. The van der Waals surface area contributed by atoms with Crippen LogP contribution >= 0.6 is 0 Å². The maximum atomic E-state index is 6.68. The molecule has 272 valence electrons. The van der Waals surface area contributed by atoms with Gasteiger partial charge in [0, 0.05) is 16.2 Å². The molecular weight excluding hydrogens is 713 g/mol. The van der Waals surface area contributed by atoms with Gasteiger partial charge in [-0.05, 0) is 134 Å². The highest BCUT2D eigenvalue weighted by molar-refractivity contribution is 6.30. The fourth-order valence-corrected chi connectivity index (χ4v) is 10.2. The summed E-state index contributed by atoms with van der Waals surface area (Å²) in [6.07, 6.45) is 0. The van der Waals surface area contributed by atoms with Gasteiger partial charge in [-0.3, -0.25) is 0 Å². The van der Waals surface area contributed by atoms with E-state index in [4.69, 9.17) is 4.42 Å². The highest BCUT2D eigenvalue weighted by atomic mass is 16.3. The van der Waals surface area contributed by atoms with Gasteiger partial charge in [-0.2, -0.15) is 0 Å². The largest absolute Gasteiger partial charge is 0.455 e. The predicted molar refractivity (Wildman–Crippen MR) is 253 cm³/mol. The van der Waals surface area contributed by atoms with Crippen molar-refractivity contribution in [2.75, 3.05) is 0 Å². The van der Waals surface area contributed by atoms with Crippen molar-refractivity contribution in [1.82, 2.24) is 0 Å². The van der Waals surface area contributed by atoms with Gasteiger partial charge in [-0.15, -0.1) is 0 Å². The number of hydrogen-bond acceptors (Lipinski definition) is 1. The molecule has 0 aliphatic carbocycles. The zero-order chi connectivity index (χ0) is 38.6. The van der Waals surface area contributed by atoms with Gasteiger partial charge in [-0.1, -0.05) is 176 Å². The minimum Gasteiger partial charge on any atom is -0.455 e. The SMILES string of the molecule is c1cc(-c2cccc3ccccc23)cc(-c2c3ccccc3c(-c3ccc4c(c3)c3ccccc3c3cc5oc6c7ccccc7ccc6c5cc43)c3ccccc23)c1. The molecule has 1 heterocycles. The third-order valence-corrected chi connectivity index (χ3v) is 12.8. The van der Waals surface area contributed by atoms with Crippen LogP contribution in [0.1, 0.15) is 0 Å². The van der Waals surface area contributed by atoms with Gasteiger partial charge < -0.3 is 4.42 Å². The molecule has 0 radical (unpaired) electrons. The molecule has 0 spiro atoms. The fraction of sp³-hybridized carbons (Fsp3) is 0. The van der Waals surface area contributed by atoms with Crippen LogP contribution in [-0.2, 0) is 0 Å². The average molecular weight is 747 g/mol. The van der Waals surface area contributed by atoms with E-state index in [-0.39, 0.29) is 0 Å². The summed E-state index contributed by atoms with van der Waals surface area (Å²) >= 11 is 0. The molecule has 12 aromatic carbocycles. The molecule has 0 amide bonds. The molecule has 0 N–H and O–H groups in total. The molecule has 0 atom stereocenters. The number of furan rings is 1. The minimum absolute atomic E-state index is 0.922. The maximum Gasteiger partial charge on any atom is 0.143 e. The number of benzene rings is 12. The number of hydrogen-bond donors (Lipinski definition) is 0. The Hall–Kier alpha value is -7.74. The fourth-order valence-electron chi connectivity index (χ4n) is 10.2. The Bertz CT molecular complexity index is 3840. The van der Waals surface area contributed by atoms with E-state index in [2.05, 4.69) is 206 Å². The molecule has 13 rings (SSSR count). The van der Waals surface area contributed by atoms with E-state index in [1.807, 2.05) is 0 Å². The molecular formula is C58H34O. The lowest BCUT2D eigenvalue weighted by Crippen LogP contribution is -1.92. The van der Waals surface area contributed by atoms with Crippen LogP contribution < -0.4 is 0 Å². The Labute approximate surface area is 340 Å². The second kappa shape index (κ2) is 12.4. The molecule has 0 aliphatic rings. The Kier molecular flexibility index (Phi) is 6.79. The van der Waals surface area contributed by atoms with E-state index in [0.29, 0.717) is 0 Å². The molecule has 0 bridgehead atoms. The van der Waals surface area contributed by atoms with Crippen LogP contribution in [0, 0.1) is 0 Å². The van der Waals surface area contributed by atoms with Crippen LogP contribution in [0.15, 0.2) is 211 Å². The van der Waals surface area contributed by atoms with E-state index in [0.717, 1.165) is 27.3 Å². The molecule has 1 heteroatoms. The van der Waals surface area contributed by atoms with Crippen molar-refractivity contribution in [3.05, 3.63) is 206 Å². The maximum absolute atomic E-state index is 6.68. The molecule has 13 aromatic rings. The topological polar surface area (TPSA) is 13.1 Å². The second-order valence-corrected chi connectivity index (χ2v) is 15.9. The molecule has 59 heavy (non-hydrogen) atoms. The Morgan fingerprint density at radius 2 is 0.712 bits per heavy atom. The summed E-state index contributed by atoms with van der Waals surface area (Å²) in [5, 5.41) is 19.6. The zero-order valence-electron chi connectivity index (χ0n) is 32.0. The van der Waals surface area contributed by atoms with Gasteiger partial charge in [0.25, 0.3) is 0 Å². The van der Waals surface area contributed by atoms with Crippen molar-refractivity contribution < 1.29 is 4.42 Å². The van der Waals surface area contributed by atoms with Crippen LogP contribution in [0.5, 0.6) is 0 Å². The third-order valence-electron chi connectivity index (χ3n) is 12.8. The van der Waals surface area contributed by atoms with Crippen molar-refractivity contribution in [2.24, 2.45) is 0 Å². The predicted octanol–water partition coefficient (Wildman–Crippen LogP) is 16.7. The lowest BCUT2D eigenvalue weighted by molar-refractivity contribution is 0.673. The molecule has 0 saturated heterocycles. The van der Waals surface area contributed by atoms with Crippen LogP contribution in [0.3, 0.4) is 0 Å². The first-order chi connectivity index (χ1) is 29.3. The first-order valence-corrected chi connectivity index (χ1v) is 20.4. The van der Waals surface area contributed by atoms with E-state index >= 15 is 0 Å². The summed E-state index contributed by atoms with van der Waals surface area (Å²) in [4.78, 5) is 0. The lowest BCUT2D eigenvalue weighted by Gasteiger charge is -2.19. The van der Waals surface area contributed by atoms with E-state index in [9.17, 15) is 0 Å². The number of fused-ring (bicyclic) bond motifs is 14. The number of rotatable bonds is 3. The molecule has 0 saturated carbocycles. The first-order valence-electron chi connectivity index (χ1n) is 20.4. The van der Waals surface area contributed by atoms with Gasteiger partial charge in [0.15, 0.2) is 0 Å². The molecule has 0 unspecified atom stereocenters. The highest BCUT2D eigenvalue weighted by Crippen LogP contribution is 2.47. The summed E-state index contributed by atoms with van der Waals surface area (Å²) in [6.45, 7) is 0. The summed E-state index contributed by atoms with van der Waals surface area (Å²) in [5.74, 6) is 0. The highest BCUT2D eigenvalue weighted by Gasteiger charge is 2.20. The quantitative estimate of drug-likeness (QED) is 0.130. The van der Waals surface area contributed by atoms with Crippen LogP contribution in [0.25, 0.3) is 131 Å². The van der Waals surface area contributed by atoms with Crippen molar-refractivity contribution in [1.29, 1.82) is 0 Å². The monoisotopic (exact) mass is 746 g/mol. The van der Waals surface area contributed by atoms with E-state index in [1.54, 1.807) is 0 Å². The average Bonchev–Trinajstić information content (AvgIpc) is 3.68. The standard InChI is InChI=1S/C58H34O/c1-3-18-40-35(13-1)15-12-26-41(40)37-16-11-17-38(31-37)56-46-22-7-9-24-48(46)57(49-25-10-8-23-47(49)56)39-28-29-45-51(32-39)43-20-5-6-21-44(43)53-34-55-54(33-52(45)53)50-30-27-36-14-2-4-19-42(36)58(50)59-55/h1-34H. The van der Waals surface area contributed by atoms with Crippen molar-refractivity contribution >= 4 is 97.3 Å². The van der Waals surface area contributed by atoms with Crippen LogP contribution in [0.2, 0.25) is 0 Å². The molecule has 1 aromatic heterocycles. The summed E-state index contributed by atoms with van der Waals surface area (Å²) in [7, 11) is 0.